The fraction of sp³-hybridized carbons (Fsp3) is 0.368. The maximum absolute atomic E-state index is 14.0. The fourth-order valence-electron chi connectivity index (χ4n) is 3.08. The molecule has 1 heterocycles. The molecule has 0 spiro atoms. The molecule has 2 aromatic rings. The first-order valence-electron chi connectivity index (χ1n) is 8.54. The van der Waals surface area contributed by atoms with E-state index >= 15 is 0 Å². The molecule has 1 aromatic carbocycles. The quantitative estimate of drug-likeness (QED) is 0.810. The van der Waals surface area contributed by atoms with E-state index in [2.05, 4.69) is 17.8 Å². The number of hydrogen-bond acceptors (Lipinski definition) is 4. The Balaban J connectivity index is 1.63. The Hall–Kier alpha value is -2.41. The lowest BCUT2D eigenvalue weighted by Gasteiger charge is -2.16. The third kappa shape index (κ3) is 3.88. The van der Waals surface area contributed by atoms with Gasteiger partial charge >= 0.3 is 0 Å². The lowest BCUT2D eigenvalue weighted by Crippen LogP contribution is -2.41. The van der Waals surface area contributed by atoms with Gasteiger partial charge in [-0.25, -0.2) is 4.39 Å². The van der Waals surface area contributed by atoms with Gasteiger partial charge in [0.15, 0.2) is 0 Å². The molecule has 0 aliphatic heterocycles. The number of hydrazine groups is 1. The molecule has 3 rings (SSSR count). The van der Waals surface area contributed by atoms with Crippen LogP contribution in [0.15, 0.2) is 24.3 Å². The minimum atomic E-state index is -0.558. The number of fused-ring (bicyclic) bond motifs is 1. The van der Waals surface area contributed by atoms with E-state index in [0.717, 1.165) is 25.3 Å². The highest BCUT2D eigenvalue weighted by atomic mass is 32.1. The molecule has 7 heteroatoms. The topological polar surface area (TPSA) is 61.4 Å². The van der Waals surface area contributed by atoms with E-state index in [0.29, 0.717) is 16.5 Å². The van der Waals surface area contributed by atoms with Gasteiger partial charge in [0.05, 0.1) is 10.6 Å². The molecule has 0 radical (unpaired) electrons. The van der Waals surface area contributed by atoms with Gasteiger partial charge in [-0.2, -0.15) is 0 Å². The molecule has 0 fully saturated rings. The second-order valence-corrected chi connectivity index (χ2v) is 8.01. The van der Waals surface area contributed by atoms with Gasteiger partial charge in [-0.15, -0.1) is 11.3 Å². The fourth-order valence-corrected chi connectivity index (χ4v) is 4.18. The average Bonchev–Trinajstić information content (AvgIpc) is 3.02. The highest BCUT2D eigenvalue weighted by Gasteiger charge is 2.21. The van der Waals surface area contributed by atoms with Gasteiger partial charge in [-0.3, -0.25) is 20.4 Å². The van der Waals surface area contributed by atoms with Crippen LogP contribution in [0.5, 0.6) is 0 Å². The summed E-state index contributed by atoms with van der Waals surface area (Å²) >= 11 is 1.47. The Bertz CT molecular complexity index is 847. The minimum Gasteiger partial charge on any atom is -0.375 e. The lowest BCUT2D eigenvalue weighted by atomic mass is 9.90. The SMILES string of the molecule is C[C@H]1CCc2sc(C(=O)NNC(=O)c3ccc(N(C)C)c(F)c3)cc2C1. The molecule has 1 atom stereocenters. The number of benzene rings is 1. The summed E-state index contributed by atoms with van der Waals surface area (Å²) in [5.74, 6) is -0.768. The van der Waals surface area contributed by atoms with E-state index in [9.17, 15) is 14.0 Å². The van der Waals surface area contributed by atoms with E-state index in [1.54, 1.807) is 19.0 Å². The summed E-state index contributed by atoms with van der Waals surface area (Å²) in [6.07, 6.45) is 3.13. The first-order chi connectivity index (χ1) is 12.3. The smallest absolute Gasteiger partial charge is 0.279 e. The van der Waals surface area contributed by atoms with E-state index in [4.69, 9.17) is 0 Å². The normalized spacial score (nSPS) is 15.9. The van der Waals surface area contributed by atoms with Crippen molar-refractivity contribution in [2.24, 2.45) is 5.92 Å². The van der Waals surface area contributed by atoms with Crippen LogP contribution in [0, 0.1) is 11.7 Å². The van der Waals surface area contributed by atoms with Gasteiger partial charge in [0.2, 0.25) is 0 Å². The van der Waals surface area contributed by atoms with Crippen molar-refractivity contribution in [3.05, 3.63) is 51.0 Å². The molecule has 1 aromatic heterocycles. The average molecular weight is 375 g/mol. The number of rotatable bonds is 3. The predicted molar refractivity (Wildman–Crippen MR) is 101 cm³/mol. The molecule has 2 N–H and O–H groups in total. The second kappa shape index (κ2) is 7.45. The van der Waals surface area contributed by atoms with Crippen LogP contribution in [0.25, 0.3) is 0 Å². The van der Waals surface area contributed by atoms with E-state index in [-0.39, 0.29) is 11.5 Å². The molecule has 1 aliphatic carbocycles. The number of nitrogens with zero attached hydrogens (tertiary/aromatic N) is 1. The van der Waals surface area contributed by atoms with Crippen LogP contribution >= 0.6 is 11.3 Å². The van der Waals surface area contributed by atoms with Crippen LogP contribution in [0.1, 0.15) is 43.8 Å². The van der Waals surface area contributed by atoms with Gasteiger partial charge in [-0.05, 0) is 55.0 Å². The zero-order valence-electron chi connectivity index (χ0n) is 15.1. The maximum atomic E-state index is 14.0. The summed E-state index contributed by atoms with van der Waals surface area (Å²) in [6.45, 7) is 2.21. The standard InChI is InChI=1S/C19H22FN3O2S/c1-11-4-7-16-13(8-11)10-17(26-16)19(25)22-21-18(24)12-5-6-15(23(2)3)14(20)9-12/h5-6,9-11H,4,7-8H2,1-3H3,(H,21,24)(H,22,25)/t11-/m0/s1. The van der Waals surface area contributed by atoms with E-state index in [1.165, 1.54) is 33.9 Å². The first-order valence-corrected chi connectivity index (χ1v) is 9.36. The highest BCUT2D eigenvalue weighted by molar-refractivity contribution is 7.14. The van der Waals surface area contributed by atoms with Crippen molar-refractivity contribution in [1.82, 2.24) is 10.9 Å². The van der Waals surface area contributed by atoms with Crippen molar-refractivity contribution in [3.63, 3.8) is 0 Å². The number of nitrogens with one attached hydrogen (secondary N) is 2. The van der Waals surface area contributed by atoms with Crippen LogP contribution in [-0.2, 0) is 12.8 Å². The molecule has 2 amide bonds. The number of amides is 2. The molecule has 0 unspecified atom stereocenters. The van der Waals surface area contributed by atoms with Crippen molar-refractivity contribution in [3.8, 4) is 0 Å². The van der Waals surface area contributed by atoms with Crippen molar-refractivity contribution in [2.45, 2.75) is 26.2 Å². The summed E-state index contributed by atoms with van der Waals surface area (Å²) in [7, 11) is 3.44. The van der Waals surface area contributed by atoms with Crippen molar-refractivity contribution in [2.75, 3.05) is 19.0 Å². The van der Waals surface area contributed by atoms with Crippen LogP contribution < -0.4 is 15.8 Å². The number of anilines is 1. The molecule has 0 bridgehead atoms. The number of carbonyl (C=O) groups is 2. The number of halogens is 1. The maximum Gasteiger partial charge on any atom is 0.279 e. The summed E-state index contributed by atoms with van der Waals surface area (Å²) in [5.41, 5.74) is 6.53. The summed E-state index contributed by atoms with van der Waals surface area (Å²) in [5, 5.41) is 0. The van der Waals surface area contributed by atoms with Crippen LogP contribution in [-0.4, -0.2) is 25.9 Å². The highest BCUT2D eigenvalue weighted by Crippen LogP contribution is 2.32. The molecular formula is C19H22FN3O2S. The molecule has 1 aliphatic rings. The summed E-state index contributed by atoms with van der Waals surface area (Å²) < 4.78 is 14.0. The molecule has 26 heavy (non-hydrogen) atoms. The Kier molecular flexibility index (Phi) is 5.27. The summed E-state index contributed by atoms with van der Waals surface area (Å²) in [4.78, 5) is 27.9. The number of aryl methyl sites for hydroxylation is 1. The molecule has 5 nitrogen and oxygen atoms in total. The van der Waals surface area contributed by atoms with Gasteiger partial charge in [0, 0.05) is 24.5 Å². The first kappa shape index (κ1) is 18.4. The van der Waals surface area contributed by atoms with Gasteiger partial charge < -0.3 is 4.90 Å². The Labute approximate surface area is 156 Å². The third-order valence-corrected chi connectivity index (χ3v) is 5.77. The number of hydrogen-bond donors (Lipinski definition) is 2. The van der Waals surface area contributed by atoms with Crippen molar-refractivity contribution >= 4 is 28.8 Å². The zero-order valence-corrected chi connectivity index (χ0v) is 15.9. The monoisotopic (exact) mass is 375 g/mol. The van der Waals surface area contributed by atoms with E-state index < -0.39 is 11.7 Å². The van der Waals surface area contributed by atoms with Gasteiger partial charge in [0.25, 0.3) is 11.8 Å². The largest absolute Gasteiger partial charge is 0.375 e. The Morgan fingerprint density at radius 1 is 1.19 bits per heavy atom. The number of carbonyl (C=O) groups excluding carboxylic acids is 2. The third-order valence-electron chi connectivity index (χ3n) is 4.53. The Morgan fingerprint density at radius 2 is 1.92 bits per heavy atom. The van der Waals surface area contributed by atoms with Crippen molar-refractivity contribution < 1.29 is 14.0 Å². The minimum absolute atomic E-state index is 0.146. The molecular weight excluding hydrogens is 353 g/mol. The van der Waals surface area contributed by atoms with E-state index in [1.807, 2.05) is 6.07 Å². The second-order valence-electron chi connectivity index (χ2n) is 6.88. The van der Waals surface area contributed by atoms with Gasteiger partial charge in [-0.1, -0.05) is 6.92 Å². The van der Waals surface area contributed by atoms with Crippen LogP contribution in [0.4, 0.5) is 10.1 Å². The van der Waals surface area contributed by atoms with Gasteiger partial charge in [0.1, 0.15) is 5.82 Å². The summed E-state index contributed by atoms with van der Waals surface area (Å²) in [6, 6.07) is 6.11. The predicted octanol–water partition coefficient (Wildman–Crippen LogP) is 3.15. The zero-order chi connectivity index (χ0) is 18.8. The van der Waals surface area contributed by atoms with Crippen LogP contribution in [0.2, 0.25) is 0 Å². The van der Waals surface area contributed by atoms with Crippen LogP contribution in [0.3, 0.4) is 0 Å². The lowest BCUT2D eigenvalue weighted by molar-refractivity contribution is 0.0848. The molecule has 138 valence electrons. The molecule has 0 saturated heterocycles. The molecule has 0 saturated carbocycles. The van der Waals surface area contributed by atoms with Crippen molar-refractivity contribution in [1.29, 1.82) is 0 Å². The number of thiophene rings is 1. The Morgan fingerprint density at radius 3 is 2.62 bits per heavy atom.